The molecule has 0 bridgehead atoms. The fourth-order valence-corrected chi connectivity index (χ4v) is 3.10. The summed E-state index contributed by atoms with van der Waals surface area (Å²) >= 11 is 6.06. The van der Waals surface area contributed by atoms with Crippen LogP contribution < -0.4 is 5.56 Å². The van der Waals surface area contributed by atoms with Gasteiger partial charge in [-0.3, -0.25) is 4.79 Å². The molecule has 0 aliphatic heterocycles. The van der Waals surface area contributed by atoms with Gasteiger partial charge >= 0.3 is 5.97 Å². The third kappa shape index (κ3) is 2.45. The first kappa shape index (κ1) is 15.4. The third-order valence-corrected chi connectivity index (χ3v) is 4.31. The molecule has 4 aromatic rings. The summed E-state index contributed by atoms with van der Waals surface area (Å²) in [6.07, 6.45) is 1.53. The van der Waals surface area contributed by atoms with E-state index >= 15 is 0 Å². The number of carbonyl (C=O) groups is 1. The summed E-state index contributed by atoms with van der Waals surface area (Å²) in [4.78, 5) is 24.8. The summed E-state index contributed by atoms with van der Waals surface area (Å²) in [7, 11) is 0. The summed E-state index contributed by atoms with van der Waals surface area (Å²) in [5, 5.41) is 15.6. The minimum Gasteiger partial charge on any atom is -0.478 e. The van der Waals surface area contributed by atoms with Gasteiger partial charge in [0.15, 0.2) is 0 Å². The summed E-state index contributed by atoms with van der Waals surface area (Å²) in [5.41, 5.74) is 0.769. The lowest BCUT2D eigenvalue weighted by Gasteiger charge is -2.10. The molecule has 4 rings (SSSR count). The van der Waals surface area contributed by atoms with Crippen molar-refractivity contribution in [2.75, 3.05) is 0 Å². The van der Waals surface area contributed by atoms with Crippen LogP contribution in [-0.4, -0.2) is 20.7 Å². The number of rotatable bonds is 2. The van der Waals surface area contributed by atoms with Crippen molar-refractivity contribution in [3.8, 4) is 11.1 Å². The fraction of sp³-hybridized carbons (Fsp3) is 0. The Kier molecular flexibility index (Phi) is 3.51. The fourth-order valence-electron chi connectivity index (χ4n) is 2.93. The van der Waals surface area contributed by atoms with Crippen LogP contribution in [0.5, 0.6) is 0 Å². The predicted octanol–water partition coefficient (Wildman–Crippen LogP) is 3.87. The molecule has 0 spiro atoms. The average molecular weight is 351 g/mol. The first-order valence-electron chi connectivity index (χ1n) is 7.49. The van der Waals surface area contributed by atoms with Crippen LogP contribution in [0.1, 0.15) is 10.4 Å². The number of nitrogens with zero attached hydrogens (tertiary/aromatic N) is 2. The molecule has 2 aromatic heterocycles. The van der Waals surface area contributed by atoms with E-state index in [1.807, 2.05) is 6.07 Å². The highest BCUT2D eigenvalue weighted by Crippen LogP contribution is 2.27. The van der Waals surface area contributed by atoms with E-state index in [4.69, 9.17) is 11.6 Å². The number of halogens is 1. The first-order valence-corrected chi connectivity index (χ1v) is 7.87. The van der Waals surface area contributed by atoms with Crippen LogP contribution in [-0.2, 0) is 0 Å². The molecule has 0 atom stereocenters. The molecule has 0 saturated heterocycles. The van der Waals surface area contributed by atoms with Crippen molar-refractivity contribution < 1.29 is 9.90 Å². The Morgan fingerprint density at radius 3 is 2.56 bits per heavy atom. The summed E-state index contributed by atoms with van der Waals surface area (Å²) in [6, 6.07) is 15.4. The average Bonchev–Trinajstić information content (AvgIpc) is 2.62. The number of aromatic nitrogens is 2. The van der Waals surface area contributed by atoms with Crippen molar-refractivity contribution in [2.45, 2.75) is 0 Å². The van der Waals surface area contributed by atoms with Crippen molar-refractivity contribution in [1.29, 1.82) is 0 Å². The standard InChI is InChI=1S/C19H11ClN2O3/c20-13-7-6-12-10-21-22-17(14(12)8-13)16(19(24)25)9-15(18(22)23)11-4-2-1-3-5-11/h1-10H,(H,24,25). The van der Waals surface area contributed by atoms with Crippen LogP contribution in [0.15, 0.2) is 65.6 Å². The molecule has 1 N–H and O–H groups in total. The van der Waals surface area contributed by atoms with Gasteiger partial charge in [-0.2, -0.15) is 9.61 Å². The molecule has 0 saturated carbocycles. The number of carboxylic acid groups (broad SMARTS) is 1. The van der Waals surface area contributed by atoms with Crippen LogP contribution >= 0.6 is 11.6 Å². The van der Waals surface area contributed by atoms with E-state index in [-0.39, 0.29) is 22.2 Å². The molecule has 122 valence electrons. The van der Waals surface area contributed by atoms with E-state index in [9.17, 15) is 14.7 Å². The van der Waals surface area contributed by atoms with Gasteiger partial charge in [0.05, 0.1) is 17.3 Å². The Hall–Kier alpha value is -3.18. The molecule has 0 aliphatic rings. The minimum atomic E-state index is -1.14. The molecule has 25 heavy (non-hydrogen) atoms. The molecule has 5 nitrogen and oxygen atoms in total. The van der Waals surface area contributed by atoms with Gasteiger partial charge in [-0.05, 0) is 23.8 Å². The molecule has 0 fully saturated rings. The number of carboxylic acids is 1. The van der Waals surface area contributed by atoms with Gasteiger partial charge in [0.1, 0.15) is 0 Å². The third-order valence-electron chi connectivity index (χ3n) is 4.08. The van der Waals surface area contributed by atoms with E-state index in [1.165, 1.54) is 12.3 Å². The Bertz CT molecular complexity index is 1200. The van der Waals surface area contributed by atoms with Crippen LogP contribution in [0, 0.1) is 0 Å². The van der Waals surface area contributed by atoms with E-state index in [2.05, 4.69) is 5.10 Å². The first-order chi connectivity index (χ1) is 12.1. The second kappa shape index (κ2) is 5.72. The Morgan fingerprint density at radius 1 is 1.08 bits per heavy atom. The number of hydrogen-bond acceptors (Lipinski definition) is 3. The zero-order chi connectivity index (χ0) is 17.6. The molecule has 0 radical (unpaired) electrons. The van der Waals surface area contributed by atoms with E-state index < -0.39 is 5.97 Å². The largest absolute Gasteiger partial charge is 0.478 e. The zero-order valence-corrected chi connectivity index (χ0v) is 13.6. The molecule has 0 aliphatic carbocycles. The molecule has 2 heterocycles. The zero-order valence-electron chi connectivity index (χ0n) is 12.8. The lowest BCUT2D eigenvalue weighted by molar-refractivity contribution is 0.0698. The maximum absolute atomic E-state index is 12.9. The van der Waals surface area contributed by atoms with Crippen LogP contribution in [0.2, 0.25) is 5.02 Å². The van der Waals surface area contributed by atoms with Crippen molar-refractivity contribution in [3.63, 3.8) is 0 Å². The van der Waals surface area contributed by atoms with E-state index in [0.717, 1.165) is 4.52 Å². The maximum Gasteiger partial charge on any atom is 0.337 e. The second-order valence-electron chi connectivity index (χ2n) is 5.58. The van der Waals surface area contributed by atoms with Gasteiger partial charge in [-0.1, -0.05) is 48.0 Å². The van der Waals surface area contributed by atoms with Gasteiger partial charge < -0.3 is 5.11 Å². The number of pyridine rings is 1. The van der Waals surface area contributed by atoms with Gasteiger partial charge in [0.2, 0.25) is 0 Å². The highest BCUT2D eigenvalue weighted by Gasteiger charge is 2.18. The van der Waals surface area contributed by atoms with Crippen molar-refractivity contribution in [3.05, 3.63) is 81.7 Å². The minimum absolute atomic E-state index is 0.00109. The summed E-state index contributed by atoms with van der Waals surface area (Å²) in [5.74, 6) is -1.14. The number of benzene rings is 2. The van der Waals surface area contributed by atoms with Gasteiger partial charge in [-0.15, -0.1) is 0 Å². The van der Waals surface area contributed by atoms with Crippen molar-refractivity contribution in [2.24, 2.45) is 0 Å². The lowest BCUT2D eigenvalue weighted by Crippen LogP contribution is -2.21. The Balaban J connectivity index is 2.21. The summed E-state index contributed by atoms with van der Waals surface area (Å²) in [6.45, 7) is 0. The van der Waals surface area contributed by atoms with E-state index in [0.29, 0.717) is 21.4 Å². The molecule has 0 unspecified atom stereocenters. The second-order valence-corrected chi connectivity index (χ2v) is 6.02. The van der Waals surface area contributed by atoms with Gasteiger partial charge in [0, 0.05) is 21.4 Å². The SMILES string of the molecule is O=C(O)c1cc(-c2ccccc2)c(=O)n2ncc3ccc(Cl)cc3c12. The number of fused-ring (bicyclic) bond motifs is 3. The molecule has 0 amide bonds. The van der Waals surface area contributed by atoms with Crippen LogP contribution in [0.3, 0.4) is 0 Å². The highest BCUT2D eigenvalue weighted by atomic mass is 35.5. The van der Waals surface area contributed by atoms with Crippen LogP contribution in [0.25, 0.3) is 27.4 Å². The molecule has 2 aromatic carbocycles. The van der Waals surface area contributed by atoms with Crippen LogP contribution in [0.4, 0.5) is 0 Å². The number of hydrogen-bond donors (Lipinski definition) is 1. The monoisotopic (exact) mass is 350 g/mol. The lowest BCUT2D eigenvalue weighted by atomic mass is 10.0. The van der Waals surface area contributed by atoms with Gasteiger partial charge in [-0.25, -0.2) is 4.79 Å². The number of aromatic carboxylic acids is 1. The molecular weight excluding hydrogens is 340 g/mol. The molecular formula is C19H11ClN2O3. The van der Waals surface area contributed by atoms with E-state index in [1.54, 1.807) is 42.5 Å². The quantitative estimate of drug-likeness (QED) is 0.557. The smallest absolute Gasteiger partial charge is 0.337 e. The predicted molar refractivity (Wildman–Crippen MR) is 96.4 cm³/mol. The normalized spacial score (nSPS) is 11.1. The Morgan fingerprint density at radius 2 is 1.84 bits per heavy atom. The van der Waals surface area contributed by atoms with Crippen molar-refractivity contribution in [1.82, 2.24) is 9.61 Å². The van der Waals surface area contributed by atoms with Gasteiger partial charge in [0.25, 0.3) is 5.56 Å². The topological polar surface area (TPSA) is 71.7 Å². The maximum atomic E-state index is 12.9. The van der Waals surface area contributed by atoms with Crippen molar-refractivity contribution >= 4 is 33.9 Å². The molecule has 6 heteroatoms. The highest BCUT2D eigenvalue weighted by molar-refractivity contribution is 6.31. The summed E-state index contributed by atoms with van der Waals surface area (Å²) < 4.78 is 1.13. The Labute approximate surface area is 146 Å².